The molecule has 0 bridgehead atoms. The third-order valence-electron chi connectivity index (χ3n) is 3.37. The van der Waals surface area contributed by atoms with Gasteiger partial charge in [-0.05, 0) is 25.3 Å². The highest BCUT2D eigenvalue weighted by atomic mass is 35.5. The minimum Gasteiger partial charge on any atom is -0.397 e. The number of carbonyl (C=O) groups is 1. The van der Waals surface area contributed by atoms with E-state index in [-0.39, 0.29) is 16.7 Å². The normalized spacial score (nSPS) is 17.0. The van der Waals surface area contributed by atoms with E-state index >= 15 is 0 Å². The van der Waals surface area contributed by atoms with Crippen LogP contribution in [-0.4, -0.2) is 30.1 Å². The summed E-state index contributed by atoms with van der Waals surface area (Å²) in [5.74, 6) is -0.275. The van der Waals surface area contributed by atoms with Crippen molar-refractivity contribution in [2.45, 2.75) is 24.9 Å². The largest absolute Gasteiger partial charge is 0.397 e. The number of hydrogen-bond donors (Lipinski definition) is 2. The van der Waals surface area contributed by atoms with Gasteiger partial charge in [0.1, 0.15) is 5.15 Å². The van der Waals surface area contributed by atoms with Crippen LogP contribution in [-0.2, 0) is 4.74 Å². The van der Waals surface area contributed by atoms with E-state index in [1.54, 1.807) is 7.11 Å². The molecule has 1 saturated carbocycles. The topological polar surface area (TPSA) is 77.2 Å². The van der Waals surface area contributed by atoms with Crippen molar-refractivity contribution in [3.63, 3.8) is 0 Å². The van der Waals surface area contributed by atoms with E-state index in [1.807, 2.05) is 0 Å². The number of nitrogen functional groups attached to an aromatic ring is 1. The lowest BCUT2D eigenvalue weighted by atomic mass is 9.80. The Morgan fingerprint density at radius 1 is 1.67 bits per heavy atom. The molecular weight excluding hydrogens is 254 g/mol. The number of amides is 1. The van der Waals surface area contributed by atoms with Crippen LogP contribution in [0.4, 0.5) is 5.69 Å². The van der Waals surface area contributed by atoms with Gasteiger partial charge in [-0.3, -0.25) is 4.79 Å². The molecule has 0 unspecified atom stereocenters. The number of rotatable bonds is 4. The van der Waals surface area contributed by atoms with Crippen LogP contribution >= 0.6 is 11.6 Å². The standard InChI is InChI=1S/C12H16ClN3O2/c1-18-12(3-2-4-12)7-16-11(17)9-5-8(14)6-15-10(9)13/h5-6H,2-4,7,14H2,1H3,(H,16,17). The minimum atomic E-state index is -0.275. The van der Waals surface area contributed by atoms with Crippen molar-refractivity contribution in [2.24, 2.45) is 0 Å². The SMILES string of the molecule is COC1(CNC(=O)c2cc(N)cnc2Cl)CCC1. The average Bonchev–Trinajstić information content (AvgIpc) is 2.31. The van der Waals surface area contributed by atoms with E-state index in [4.69, 9.17) is 22.1 Å². The fraction of sp³-hybridized carbons (Fsp3) is 0.500. The fourth-order valence-electron chi connectivity index (χ4n) is 1.98. The van der Waals surface area contributed by atoms with Crippen molar-refractivity contribution in [3.05, 3.63) is 23.0 Å². The summed E-state index contributed by atoms with van der Waals surface area (Å²) in [6.45, 7) is 0.480. The van der Waals surface area contributed by atoms with Gasteiger partial charge in [-0.25, -0.2) is 4.98 Å². The molecule has 18 heavy (non-hydrogen) atoms. The molecule has 0 aromatic carbocycles. The van der Waals surface area contributed by atoms with Crippen LogP contribution in [0.5, 0.6) is 0 Å². The van der Waals surface area contributed by atoms with Crippen molar-refractivity contribution < 1.29 is 9.53 Å². The lowest BCUT2D eigenvalue weighted by Crippen LogP contribution is -2.49. The van der Waals surface area contributed by atoms with Gasteiger partial charge in [0.15, 0.2) is 0 Å². The summed E-state index contributed by atoms with van der Waals surface area (Å²) in [6.07, 6.45) is 4.48. The van der Waals surface area contributed by atoms with Crippen molar-refractivity contribution in [1.29, 1.82) is 0 Å². The molecule has 0 aliphatic heterocycles. The Hall–Kier alpha value is -1.33. The van der Waals surface area contributed by atoms with Crippen molar-refractivity contribution in [3.8, 4) is 0 Å². The highest BCUT2D eigenvalue weighted by Crippen LogP contribution is 2.34. The van der Waals surface area contributed by atoms with Gasteiger partial charge in [0.25, 0.3) is 5.91 Å². The van der Waals surface area contributed by atoms with Gasteiger partial charge >= 0.3 is 0 Å². The third kappa shape index (κ3) is 2.57. The molecule has 0 spiro atoms. The van der Waals surface area contributed by atoms with Crippen LogP contribution in [0.3, 0.4) is 0 Å². The summed E-state index contributed by atoms with van der Waals surface area (Å²) in [5, 5.41) is 2.97. The number of nitrogens with one attached hydrogen (secondary N) is 1. The zero-order chi connectivity index (χ0) is 13.2. The number of methoxy groups -OCH3 is 1. The summed E-state index contributed by atoms with van der Waals surface area (Å²) in [4.78, 5) is 15.8. The van der Waals surface area contributed by atoms with Crippen molar-refractivity contribution in [1.82, 2.24) is 10.3 Å². The highest BCUT2D eigenvalue weighted by molar-refractivity contribution is 6.32. The number of nitrogens with zero attached hydrogens (tertiary/aromatic N) is 1. The predicted molar refractivity (Wildman–Crippen MR) is 69.6 cm³/mol. The quantitative estimate of drug-likeness (QED) is 0.814. The maximum atomic E-state index is 12.0. The number of nitrogens with two attached hydrogens (primary N) is 1. The second-order valence-corrected chi connectivity index (χ2v) is 4.89. The molecule has 1 aliphatic rings. The predicted octanol–water partition coefficient (Wildman–Crippen LogP) is 1.62. The second-order valence-electron chi connectivity index (χ2n) is 4.53. The molecule has 1 amide bonds. The molecule has 0 atom stereocenters. The van der Waals surface area contributed by atoms with E-state index in [1.165, 1.54) is 12.3 Å². The Kier molecular flexibility index (Phi) is 3.73. The lowest BCUT2D eigenvalue weighted by Gasteiger charge is -2.40. The number of carbonyl (C=O) groups excluding carboxylic acids is 1. The first-order chi connectivity index (χ1) is 8.56. The summed E-state index contributed by atoms with van der Waals surface area (Å²) in [7, 11) is 1.67. The number of hydrogen-bond acceptors (Lipinski definition) is 4. The molecule has 3 N–H and O–H groups in total. The van der Waals surface area contributed by atoms with E-state index in [0.717, 1.165) is 19.3 Å². The highest BCUT2D eigenvalue weighted by Gasteiger charge is 2.37. The van der Waals surface area contributed by atoms with Crippen LogP contribution < -0.4 is 11.1 Å². The van der Waals surface area contributed by atoms with Crippen LogP contribution in [0.15, 0.2) is 12.3 Å². The van der Waals surface area contributed by atoms with Gasteiger partial charge in [0, 0.05) is 13.7 Å². The number of aromatic nitrogens is 1. The molecule has 0 saturated heterocycles. The van der Waals surface area contributed by atoms with Crippen molar-refractivity contribution >= 4 is 23.2 Å². The van der Waals surface area contributed by atoms with E-state index in [2.05, 4.69) is 10.3 Å². The van der Waals surface area contributed by atoms with Crippen molar-refractivity contribution in [2.75, 3.05) is 19.4 Å². The Morgan fingerprint density at radius 2 is 2.39 bits per heavy atom. The number of anilines is 1. The first-order valence-electron chi connectivity index (χ1n) is 5.81. The molecule has 6 heteroatoms. The molecule has 2 rings (SSSR count). The van der Waals surface area contributed by atoms with Crippen LogP contribution in [0.2, 0.25) is 5.15 Å². The van der Waals surface area contributed by atoms with Crippen LogP contribution in [0, 0.1) is 0 Å². The minimum absolute atomic E-state index is 0.154. The van der Waals surface area contributed by atoms with Gasteiger partial charge in [0.05, 0.1) is 23.0 Å². The number of pyridine rings is 1. The Morgan fingerprint density at radius 3 is 2.94 bits per heavy atom. The van der Waals surface area contributed by atoms with Gasteiger partial charge in [0.2, 0.25) is 0 Å². The molecule has 1 aromatic heterocycles. The van der Waals surface area contributed by atoms with E-state index in [9.17, 15) is 4.79 Å². The van der Waals surface area contributed by atoms with Gasteiger partial charge in [-0.2, -0.15) is 0 Å². The molecule has 5 nitrogen and oxygen atoms in total. The zero-order valence-corrected chi connectivity index (χ0v) is 11.0. The maximum Gasteiger partial charge on any atom is 0.254 e. The van der Waals surface area contributed by atoms with E-state index in [0.29, 0.717) is 17.8 Å². The Bertz CT molecular complexity index is 455. The summed E-state index contributed by atoms with van der Waals surface area (Å²) in [6, 6.07) is 1.52. The second kappa shape index (κ2) is 5.12. The molecule has 1 aromatic rings. The lowest BCUT2D eigenvalue weighted by molar-refractivity contribution is -0.0679. The van der Waals surface area contributed by atoms with Gasteiger partial charge in [-0.15, -0.1) is 0 Å². The Labute approximate surface area is 111 Å². The summed E-state index contributed by atoms with van der Waals surface area (Å²) < 4.78 is 5.43. The van der Waals surface area contributed by atoms with Crippen LogP contribution in [0.1, 0.15) is 29.6 Å². The van der Waals surface area contributed by atoms with Gasteiger partial charge < -0.3 is 15.8 Å². The molecule has 1 fully saturated rings. The summed E-state index contributed by atoms with van der Waals surface area (Å²) >= 11 is 5.86. The van der Waals surface area contributed by atoms with Gasteiger partial charge in [-0.1, -0.05) is 11.6 Å². The monoisotopic (exact) mass is 269 g/mol. The summed E-state index contributed by atoms with van der Waals surface area (Å²) in [5.41, 5.74) is 6.08. The zero-order valence-electron chi connectivity index (χ0n) is 10.2. The number of halogens is 1. The Balaban J connectivity index is 2.01. The fourth-order valence-corrected chi connectivity index (χ4v) is 2.17. The molecule has 0 radical (unpaired) electrons. The third-order valence-corrected chi connectivity index (χ3v) is 3.67. The van der Waals surface area contributed by atoms with E-state index < -0.39 is 0 Å². The first-order valence-corrected chi connectivity index (χ1v) is 6.18. The molecule has 1 aliphatic carbocycles. The van der Waals surface area contributed by atoms with Crippen LogP contribution in [0.25, 0.3) is 0 Å². The number of ether oxygens (including phenoxy) is 1. The smallest absolute Gasteiger partial charge is 0.254 e. The molecular formula is C12H16ClN3O2. The molecule has 98 valence electrons. The molecule has 1 heterocycles. The first kappa shape index (κ1) is 13.1. The average molecular weight is 270 g/mol. The maximum absolute atomic E-state index is 12.0.